The smallest absolute Gasteiger partial charge is 0.261 e. The summed E-state index contributed by atoms with van der Waals surface area (Å²) in [5.41, 5.74) is 0.989. The number of hydrogen-bond acceptors (Lipinski definition) is 6. The van der Waals surface area contributed by atoms with E-state index in [1.165, 1.54) is 16.7 Å². The maximum absolute atomic E-state index is 12.2. The largest absolute Gasteiger partial charge is 0.274 e. The summed E-state index contributed by atoms with van der Waals surface area (Å²) in [5.74, 6) is 0.325. The molecule has 120 valence electrons. The molecule has 2 heterocycles. The predicted molar refractivity (Wildman–Crippen MR) is 85.4 cm³/mol. The molecule has 1 aromatic carbocycles. The fraction of sp³-hybridized carbons (Fsp3) is 0.400. The first-order chi connectivity index (χ1) is 11.1. The number of carbonyl (C=O) groups excluding carboxylic acids is 2. The first-order valence-electron chi connectivity index (χ1n) is 7.45. The van der Waals surface area contributed by atoms with Gasteiger partial charge in [-0.15, -0.1) is 5.10 Å². The van der Waals surface area contributed by atoms with Crippen LogP contribution in [0.5, 0.6) is 0 Å². The summed E-state index contributed by atoms with van der Waals surface area (Å²) >= 11 is 1.53. The quantitative estimate of drug-likeness (QED) is 0.458. The van der Waals surface area contributed by atoms with E-state index in [0.717, 1.165) is 10.9 Å². The molecule has 0 spiro atoms. The van der Waals surface area contributed by atoms with Crippen LogP contribution in [0.15, 0.2) is 29.4 Å². The van der Waals surface area contributed by atoms with Crippen LogP contribution in [0.1, 0.15) is 47.0 Å². The summed E-state index contributed by atoms with van der Waals surface area (Å²) in [6.07, 6.45) is 0.696. The van der Waals surface area contributed by atoms with E-state index in [-0.39, 0.29) is 17.9 Å². The van der Waals surface area contributed by atoms with Gasteiger partial charge in [-0.1, -0.05) is 23.9 Å². The summed E-state index contributed by atoms with van der Waals surface area (Å²) in [6, 6.07) is 7.13. The molecule has 7 nitrogen and oxygen atoms in total. The Labute approximate surface area is 138 Å². The molecule has 2 aromatic rings. The molecule has 0 N–H and O–H groups in total. The van der Waals surface area contributed by atoms with E-state index in [9.17, 15) is 9.59 Å². The van der Waals surface area contributed by atoms with E-state index >= 15 is 0 Å². The second-order valence-electron chi connectivity index (χ2n) is 5.51. The number of fused-ring (bicyclic) bond motifs is 1. The topological polar surface area (TPSA) is 81.0 Å². The normalized spacial score (nSPS) is 14.0. The molecule has 1 aliphatic rings. The number of amides is 2. The van der Waals surface area contributed by atoms with Gasteiger partial charge in [0.15, 0.2) is 0 Å². The van der Waals surface area contributed by atoms with Gasteiger partial charge in [0.05, 0.1) is 17.2 Å². The van der Waals surface area contributed by atoms with E-state index in [4.69, 9.17) is 0 Å². The number of tetrazole rings is 1. The van der Waals surface area contributed by atoms with E-state index < -0.39 is 0 Å². The molecular formula is C15H17N5O2S. The molecule has 0 fully saturated rings. The lowest BCUT2D eigenvalue weighted by Gasteiger charge is -2.13. The highest BCUT2D eigenvalue weighted by molar-refractivity contribution is 7.99. The van der Waals surface area contributed by atoms with Crippen molar-refractivity contribution in [3.05, 3.63) is 35.4 Å². The standard InChI is InChI=1S/C15H17N5O2S/c1-10(2)20-15(16-17-18-20)23-9-5-8-19-13(21)11-6-3-4-7-12(11)14(19)22/h3-4,6-7,10H,5,8-9H2,1-2H3. The van der Waals surface area contributed by atoms with Crippen LogP contribution in [-0.4, -0.2) is 49.2 Å². The van der Waals surface area contributed by atoms with E-state index in [1.54, 1.807) is 28.9 Å². The summed E-state index contributed by atoms with van der Waals surface area (Å²) in [4.78, 5) is 25.8. The van der Waals surface area contributed by atoms with Gasteiger partial charge in [-0.25, -0.2) is 4.68 Å². The van der Waals surface area contributed by atoms with Gasteiger partial charge in [-0.05, 0) is 42.8 Å². The Hall–Kier alpha value is -2.22. The Morgan fingerprint density at radius 2 is 1.78 bits per heavy atom. The number of carbonyl (C=O) groups is 2. The molecule has 3 rings (SSSR count). The Bertz CT molecular complexity index is 708. The minimum absolute atomic E-state index is 0.198. The lowest BCUT2D eigenvalue weighted by atomic mass is 10.1. The molecule has 1 aromatic heterocycles. The molecule has 0 unspecified atom stereocenters. The second-order valence-corrected chi connectivity index (χ2v) is 6.57. The highest BCUT2D eigenvalue weighted by Gasteiger charge is 2.34. The van der Waals surface area contributed by atoms with E-state index in [2.05, 4.69) is 15.5 Å². The third kappa shape index (κ3) is 2.98. The zero-order valence-electron chi connectivity index (χ0n) is 13.0. The van der Waals surface area contributed by atoms with Crippen LogP contribution in [0.2, 0.25) is 0 Å². The Balaban J connectivity index is 1.55. The maximum Gasteiger partial charge on any atom is 0.261 e. The van der Waals surface area contributed by atoms with Crippen molar-refractivity contribution in [2.45, 2.75) is 31.5 Å². The minimum Gasteiger partial charge on any atom is -0.274 e. The number of thioether (sulfide) groups is 1. The number of rotatable bonds is 6. The van der Waals surface area contributed by atoms with Gasteiger partial charge in [0.25, 0.3) is 11.8 Å². The van der Waals surface area contributed by atoms with Crippen molar-refractivity contribution in [3.8, 4) is 0 Å². The molecule has 0 radical (unpaired) electrons. The molecule has 0 saturated heterocycles. The molecule has 2 amide bonds. The van der Waals surface area contributed by atoms with Gasteiger partial charge < -0.3 is 0 Å². The monoisotopic (exact) mass is 331 g/mol. The predicted octanol–water partition coefficient (Wildman–Crippen LogP) is 2.03. The van der Waals surface area contributed by atoms with Crippen molar-refractivity contribution in [1.82, 2.24) is 25.1 Å². The van der Waals surface area contributed by atoms with Crippen LogP contribution in [0, 0.1) is 0 Å². The SMILES string of the molecule is CC(C)n1nnnc1SCCCN1C(=O)c2ccccc2C1=O. The van der Waals surface area contributed by atoms with Crippen molar-refractivity contribution in [2.75, 3.05) is 12.3 Å². The minimum atomic E-state index is -0.206. The summed E-state index contributed by atoms with van der Waals surface area (Å²) in [7, 11) is 0. The van der Waals surface area contributed by atoms with Crippen LogP contribution in [0.3, 0.4) is 0 Å². The van der Waals surface area contributed by atoms with Crippen LogP contribution < -0.4 is 0 Å². The number of imide groups is 1. The van der Waals surface area contributed by atoms with Crippen LogP contribution >= 0.6 is 11.8 Å². The number of nitrogens with zero attached hydrogens (tertiary/aromatic N) is 5. The Kier molecular flexibility index (Phi) is 4.42. The molecule has 0 saturated carbocycles. The highest BCUT2D eigenvalue weighted by Crippen LogP contribution is 2.23. The van der Waals surface area contributed by atoms with Gasteiger partial charge in [0, 0.05) is 12.3 Å². The molecule has 0 aliphatic carbocycles. The van der Waals surface area contributed by atoms with Crippen molar-refractivity contribution in [1.29, 1.82) is 0 Å². The molecule has 23 heavy (non-hydrogen) atoms. The van der Waals surface area contributed by atoms with Crippen LogP contribution in [0.4, 0.5) is 0 Å². The van der Waals surface area contributed by atoms with Gasteiger partial charge in [-0.3, -0.25) is 14.5 Å². The zero-order valence-corrected chi connectivity index (χ0v) is 13.8. The summed E-state index contributed by atoms with van der Waals surface area (Å²) < 4.78 is 1.76. The zero-order chi connectivity index (χ0) is 16.4. The molecule has 8 heteroatoms. The van der Waals surface area contributed by atoms with Crippen LogP contribution in [-0.2, 0) is 0 Å². The first kappa shape index (κ1) is 15.7. The van der Waals surface area contributed by atoms with E-state index in [1.807, 2.05) is 13.8 Å². The Morgan fingerprint density at radius 3 is 2.39 bits per heavy atom. The highest BCUT2D eigenvalue weighted by atomic mass is 32.2. The van der Waals surface area contributed by atoms with Crippen molar-refractivity contribution in [3.63, 3.8) is 0 Å². The summed E-state index contributed by atoms with van der Waals surface area (Å²) in [6.45, 7) is 4.43. The fourth-order valence-corrected chi connectivity index (χ4v) is 3.36. The van der Waals surface area contributed by atoms with Crippen molar-refractivity contribution < 1.29 is 9.59 Å². The molecule has 0 bridgehead atoms. The molecule has 1 aliphatic heterocycles. The first-order valence-corrected chi connectivity index (χ1v) is 8.44. The lowest BCUT2D eigenvalue weighted by Crippen LogP contribution is -2.31. The van der Waals surface area contributed by atoms with Gasteiger partial charge in [0.1, 0.15) is 0 Å². The third-order valence-corrected chi connectivity index (χ3v) is 4.61. The van der Waals surface area contributed by atoms with Crippen molar-refractivity contribution in [2.24, 2.45) is 0 Å². The van der Waals surface area contributed by atoms with Gasteiger partial charge in [-0.2, -0.15) is 0 Å². The fourth-order valence-electron chi connectivity index (χ4n) is 2.43. The average molecular weight is 331 g/mol. The number of aromatic nitrogens is 4. The second kappa shape index (κ2) is 6.49. The van der Waals surface area contributed by atoms with Crippen LogP contribution in [0.25, 0.3) is 0 Å². The third-order valence-electron chi connectivity index (χ3n) is 3.59. The molecular weight excluding hydrogens is 314 g/mol. The number of hydrogen-bond donors (Lipinski definition) is 0. The maximum atomic E-state index is 12.2. The molecule has 0 atom stereocenters. The van der Waals surface area contributed by atoms with Gasteiger partial charge in [0.2, 0.25) is 5.16 Å². The van der Waals surface area contributed by atoms with E-state index in [0.29, 0.717) is 24.1 Å². The Morgan fingerprint density at radius 1 is 1.13 bits per heavy atom. The summed E-state index contributed by atoms with van der Waals surface area (Å²) in [5, 5.41) is 12.4. The van der Waals surface area contributed by atoms with Crippen molar-refractivity contribution >= 4 is 23.6 Å². The van der Waals surface area contributed by atoms with Gasteiger partial charge >= 0.3 is 0 Å². The number of benzene rings is 1. The lowest BCUT2D eigenvalue weighted by molar-refractivity contribution is 0.0655. The average Bonchev–Trinajstić information content (AvgIpc) is 3.10.